The monoisotopic (exact) mass is 350 g/mol. The number of aryl methyl sites for hydroxylation is 3. The lowest BCUT2D eigenvalue weighted by Gasteiger charge is -2.37. The third kappa shape index (κ3) is 2.49. The number of anilines is 2. The van der Waals surface area contributed by atoms with Crippen molar-refractivity contribution in [1.82, 2.24) is 9.97 Å². The molecule has 1 aromatic carbocycles. The topological polar surface area (TPSA) is 32.3 Å². The van der Waals surface area contributed by atoms with Crippen molar-refractivity contribution >= 4 is 33.1 Å². The molecular weight excluding hydrogens is 328 g/mol. The Labute approximate surface area is 152 Å². The van der Waals surface area contributed by atoms with E-state index in [1.54, 1.807) is 6.33 Å². The van der Waals surface area contributed by atoms with Crippen LogP contribution in [0.5, 0.6) is 0 Å². The molecule has 1 saturated heterocycles. The highest BCUT2D eigenvalue weighted by molar-refractivity contribution is 7.19. The van der Waals surface area contributed by atoms with Gasteiger partial charge in [0.05, 0.1) is 5.39 Å². The molecule has 0 radical (unpaired) electrons. The van der Waals surface area contributed by atoms with Gasteiger partial charge in [-0.3, -0.25) is 0 Å². The van der Waals surface area contributed by atoms with E-state index >= 15 is 0 Å². The number of benzene rings is 1. The Bertz CT molecular complexity index is 925. The molecule has 0 saturated carbocycles. The molecule has 5 heteroatoms. The molecule has 0 N–H and O–H groups in total. The molecule has 1 aliphatic carbocycles. The first-order valence-corrected chi connectivity index (χ1v) is 9.93. The zero-order chi connectivity index (χ0) is 16.8. The van der Waals surface area contributed by atoms with Gasteiger partial charge in [-0.15, -0.1) is 11.3 Å². The molecule has 0 bridgehead atoms. The fraction of sp³-hybridized carbons (Fsp3) is 0.400. The van der Waals surface area contributed by atoms with E-state index in [9.17, 15) is 0 Å². The van der Waals surface area contributed by atoms with Crippen LogP contribution in [0, 0.1) is 6.92 Å². The van der Waals surface area contributed by atoms with E-state index in [2.05, 4.69) is 46.0 Å². The van der Waals surface area contributed by atoms with E-state index in [-0.39, 0.29) is 0 Å². The Morgan fingerprint density at radius 3 is 2.60 bits per heavy atom. The molecule has 25 heavy (non-hydrogen) atoms. The van der Waals surface area contributed by atoms with Gasteiger partial charge in [0.25, 0.3) is 0 Å². The summed E-state index contributed by atoms with van der Waals surface area (Å²) in [6, 6.07) is 8.69. The Hall–Kier alpha value is -2.14. The van der Waals surface area contributed by atoms with Crippen molar-refractivity contribution in [2.45, 2.75) is 26.2 Å². The summed E-state index contributed by atoms with van der Waals surface area (Å²) in [6.07, 6.45) is 5.44. The van der Waals surface area contributed by atoms with E-state index in [1.807, 2.05) is 11.3 Å². The first kappa shape index (κ1) is 15.1. The standard InChI is InChI=1S/C20H22N4S/c1-14-5-2-3-7-16(14)23-9-11-24(12-10-23)19-18-15-6-4-8-17(15)25-20(18)22-13-21-19/h2-3,5,7,13H,4,6,8-12H2,1H3. The van der Waals surface area contributed by atoms with Crippen molar-refractivity contribution < 1.29 is 0 Å². The Kier molecular flexibility index (Phi) is 3.63. The average molecular weight is 350 g/mol. The maximum Gasteiger partial charge on any atom is 0.141 e. The van der Waals surface area contributed by atoms with Crippen LogP contribution in [0.3, 0.4) is 0 Å². The second-order valence-corrected chi connectivity index (χ2v) is 8.08. The van der Waals surface area contributed by atoms with Crippen LogP contribution in [0.1, 0.15) is 22.4 Å². The van der Waals surface area contributed by atoms with Crippen molar-refractivity contribution in [3.05, 3.63) is 46.6 Å². The number of thiophene rings is 1. The summed E-state index contributed by atoms with van der Waals surface area (Å²) < 4.78 is 0. The normalized spacial score (nSPS) is 17.3. The van der Waals surface area contributed by atoms with Gasteiger partial charge < -0.3 is 9.80 Å². The van der Waals surface area contributed by atoms with E-state index in [0.29, 0.717) is 0 Å². The molecule has 0 amide bonds. The van der Waals surface area contributed by atoms with E-state index in [4.69, 9.17) is 4.98 Å². The van der Waals surface area contributed by atoms with Crippen molar-refractivity contribution in [2.24, 2.45) is 0 Å². The van der Waals surface area contributed by atoms with Crippen LogP contribution in [-0.4, -0.2) is 36.1 Å². The number of fused-ring (bicyclic) bond motifs is 3. The van der Waals surface area contributed by atoms with E-state index < -0.39 is 0 Å². The summed E-state index contributed by atoms with van der Waals surface area (Å²) in [5, 5.41) is 1.34. The third-order valence-electron chi connectivity index (χ3n) is 5.52. The molecule has 1 aliphatic heterocycles. The molecule has 1 fully saturated rings. The first-order chi connectivity index (χ1) is 12.3. The van der Waals surface area contributed by atoms with Gasteiger partial charge in [-0.05, 0) is 43.4 Å². The SMILES string of the molecule is Cc1ccccc1N1CCN(c2ncnc3sc4c(c23)CCC4)CC1. The lowest BCUT2D eigenvalue weighted by molar-refractivity contribution is 0.647. The van der Waals surface area contributed by atoms with Crippen LogP contribution in [0.15, 0.2) is 30.6 Å². The molecule has 3 heterocycles. The fourth-order valence-corrected chi connectivity index (χ4v) is 5.45. The molecule has 4 nitrogen and oxygen atoms in total. The van der Waals surface area contributed by atoms with Gasteiger partial charge in [-0.2, -0.15) is 0 Å². The summed E-state index contributed by atoms with van der Waals surface area (Å²) in [6.45, 7) is 6.33. The summed E-state index contributed by atoms with van der Waals surface area (Å²) in [7, 11) is 0. The van der Waals surface area contributed by atoms with Gasteiger partial charge in [-0.25, -0.2) is 9.97 Å². The van der Waals surface area contributed by atoms with Crippen LogP contribution in [0.25, 0.3) is 10.2 Å². The summed E-state index contributed by atoms with van der Waals surface area (Å²) in [4.78, 5) is 16.9. The predicted molar refractivity (Wildman–Crippen MR) is 105 cm³/mol. The highest BCUT2D eigenvalue weighted by atomic mass is 32.1. The van der Waals surface area contributed by atoms with Crippen LogP contribution in [-0.2, 0) is 12.8 Å². The summed E-state index contributed by atoms with van der Waals surface area (Å²) in [5.74, 6) is 1.16. The highest BCUT2D eigenvalue weighted by Gasteiger charge is 2.26. The van der Waals surface area contributed by atoms with Crippen molar-refractivity contribution in [2.75, 3.05) is 36.0 Å². The maximum atomic E-state index is 4.70. The number of piperazine rings is 1. The maximum absolute atomic E-state index is 4.70. The Morgan fingerprint density at radius 1 is 0.960 bits per heavy atom. The van der Waals surface area contributed by atoms with Crippen LogP contribution in [0.4, 0.5) is 11.5 Å². The number of rotatable bonds is 2. The number of hydrogen-bond acceptors (Lipinski definition) is 5. The fourth-order valence-electron chi connectivity index (χ4n) is 4.23. The second-order valence-electron chi connectivity index (χ2n) is 7.00. The quantitative estimate of drug-likeness (QED) is 0.703. The molecule has 5 rings (SSSR count). The Morgan fingerprint density at radius 2 is 1.76 bits per heavy atom. The van der Waals surface area contributed by atoms with Crippen LogP contribution in [0.2, 0.25) is 0 Å². The minimum absolute atomic E-state index is 1.02. The second kappa shape index (κ2) is 5.99. The number of hydrogen-bond donors (Lipinski definition) is 0. The molecular formula is C20H22N4S. The van der Waals surface area contributed by atoms with E-state index in [1.165, 1.54) is 51.2 Å². The molecule has 3 aromatic rings. The number of aromatic nitrogens is 2. The zero-order valence-electron chi connectivity index (χ0n) is 14.5. The van der Waals surface area contributed by atoms with Crippen LogP contribution < -0.4 is 9.80 Å². The number of para-hydroxylation sites is 1. The summed E-state index contributed by atoms with van der Waals surface area (Å²) >= 11 is 1.88. The van der Waals surface area contributed by atoms with Crippen molar-refractivity contribution in [3.8, 4) is 0 Å². The third-order valence-corrected chi connectivity index (χ3v) is 6.72. The molecule has 0 unspecified atom stereocenters. The smallest absolute Gasteiger partial charge is 0.141 e. The van der Waals surface area contributed by atoms with Gasteiger partial charge in [0.1, 0.15) is 17.0 Å². The largest absolute Gasteiger partial charge is 0.368 e. The van der Waals surface area contributed by atoms with Gasteiger partial charge in [0.15, 0.2) is 0 Å². The molecule has 2 aromatic heterocycles. The minimum atomic E-state index is 1.02. The molecule has 0 spiro atoms. The lowest BCUT2D eigenvalue weighted by Crippen LogP contribution is -2.47. The Balaban J connectivity index is 1.43. The highest BCUT2D eigenvalue weighted by Crippen LogP contribution is 2.40. The van der Waals surface area contributed by atoms with Gasteiger partial charge in [0, 0.05) is 36.7 Å². The van der Waals surface area contributed by atoms with Crippen molar-refractivity contribution in [3.63, 3.8) is 0 Å². The van der Waals surface area contributed by atoms with Gasteiger partial charge in [-0.1, -0.05) is 18.2 Å². The lowest BCUT2D eigenvalue weighted by atomic mass is 10.1. The molecule has 128 valence electrons. The van der Waals surface area contributed by atoms with Gasteiger partial charge >= 0.3 is 0 Å². The average Bonchev–Trinajstić information content (AvgIpc) is 3.23. The van der Waals surface area contributed by atoms with Gasteiger partial charge in [0.2, 0.25) is 0 Å². The van der Waals surface area contributed by atoms with Crippen molar-refractivity contribution in [1.29, 1.82) is 0 Å². The van der Waals surface area contributed by atoms with Crippen LogP contribution >= 0.6 is 11.3 Å². The zero-order valence-corrected chi connectivity index (χ0v) is 15.4. The van der Waals surface area contributed by atoms with E-state index in [0.717, 1.165) is 32.0 Å². The minimum Gasteiger partial charge on any atom is -0.368 e. The number of nitrogens with zero attached hydrogens (tertiary/aromatic N) is 4. The first-order valence-electron chi connectivity index (χ1n) is 9.12. The predicted octanol–water partition coefficient (Wildman–Crippen LogP) is 3.82. The summed E-state index contributed by atoms with van der Waals surface area (Å²) in [5.41, 5.74) is 4.25. The molecule has 0 atom stereocenters. The molecule has 2 aliphatic rings.